The van der Waals surface area contributed by atoms with Crippen LogP contribution in [0, 0.1) is 0 Å². The zero-order chi connectivity index (χ0) is 13.1. The summed E-state index contributed by atoms with van der Waals surface area (Å²) >= 11 is 0. The zero-order valence-electron chi connectivity index (χ0n) is 9.26. The fourth-order valence-corrected chi connectivity index (χ4v) is 1.75. The molecule has 0 unspecified atom stereocenters. The maximum absolute atomic E-state index is 11.6. The minimum atomic E-state index is -3.52. The average Bonchev–Trinajstić information content (AvgIpc) is 2.25. The van der Waals surface area contributed by atoms with E-state index in [0.29, 0.717) is 0 Å². The molecule has 0 saturated heterocycles. The molecule has 0 spiro atoms. The first-order chi connectivity index (χ1) is 7.85. The van der Waals surface area contributed by atoms with Crippen LogP contribution in [-0.2, 0) is 19.6 Å². The Balaban J connectivity index is 3.17. The Hall–Kier alpha value is -1.89. The number of methoxy groups -OCH3 is 1. The predicted molar refractivity (Wildman–Crippen MR) is 61.3 cm³/mol. The van der Waals surface area contributed by atoms with Crippen LogP contribution in [0.3, 0.4) is 0 Å². The molecule has 0 fully saturated rings. The molecule has 92 valence electrons. The summed E-state index contributed by atoms with van der Waals surface area (Å²) in [5.74, 6) is -1.95. The summed E-state index contributed by atoms with van der Waals surface area (Å²) < 4.78 is 28.6. The fraction of sp³-hybridized carbons (Fsp3) is 0.200. The van der Waals surface area contributed by atoms with Gasteiger partial charge >= 0.3 is 5.97 Å². The molecule has 7 heteroatoms. The molecule has 0 aliphatic rings. The number of ether oxygens (including phenoxy) is 1. The number of sulfonamides is 1. The summed E-state index contributed by atoms with van der Waals surface area (Å²) in [6.07, 6.45) is 0.951. The van der Waals surface area contributed by atoms with Crippen molar-refractivity contribution in [2.45, 2.75) is 0 Å². The summed E-state index contributed by atoms with van der Waals surface area (Å²) in [6, 6.07) is 5.79. The third-order valence-electron chi connectivity index (χ3n) is 1.84. The minimum Gasteiger partial charge on any atom is -0.463 e. The number of anilines is 1. The van der Waals surface area contributed by atoms with Gasteiger partial charge in [0.25, 0.3) is 5.78 Å². The van der Waals surface area contributed by atoms with Crippen LogP contribution < -0.4 is 4.72 Å². The van der Waals surface area contributed by atoms with Crippen molar-refractivity contribution in [1.82, 2.24) is 0 Å². The highest BCUT2D eigenvalue weighted by Gasteiger charge is 2.20. The Labute approximate surface area is 98.6 Å². The number of para-hydroxylation sites is 1. The second kappa shape index (κ2) is 4.96. The van der Waals surface area contributed by atoms with Gasteiger partial charge in [0, 0.05) is 0 Å². The highest BCUT2D eigenvalue weighted by atomic mass is 32.2. The van der Waals surface area contributed by atoms with Crippen LogP contribution in [-0.4, -0.2) is 33.5 Å². The first-order valence-corrected chi connectivity index (χ1v) is 6.44. The van der Waals surface area contributed by atoms with E-state index in [1.165, 1.54) is 18.2 Å². The van der Waals surface area contributed by atoms with Gasteiger partial charge in [0.05, 0.1) is 24.6 Å². The van der Waals surface area contributed by atoms with E-state index >= 15 is 0 Å². The molecular formula is C10H11NO5S. The highest BCUT2D eigenvalue weighted by Crippen LogP contribution is 2.17. The summed E-state index contributed by atoms with van der Waals surface area (Å²) in [5, 5.41) is 0. The molecule has 0 aliphatic carbocycles. The van der Waals surface area contributed by atoms with Gasteiger partial charge in [-0.1, -0.05) is 12.1 Å². The lowest BCUT2D eigenvalue weighted by Gasteiger charge is -2.08. The quantitative estimate of drug-likeness (QED) is 0.479. The Morgan fingerprint density at radius 1 is 1.24 bits per heavy atom. The topological polar surface area (TPSA) is 89.5 Å². The SMILES string of the molecule is COC(=O)C(=O)c1ccccc1NS(C)(=O)=O. The average molecular weight is 257 g/mol. The number of hydrogen-bond acceptors (Lipinski definition) is 5. The number of carbonyl (C=O) groups excluding carboxylic acids is 2. The smallest absolute Gasteiger partial charge is 0.379 e. The van der Waals surface area contributed by atoms with E-state index in [9.17, 15) is 18.0 Å². The van der Waals surface area contributed by atoms with Gasteiger partial charge in [-0.25, -0.2) is 13.2 Å². The molecule has 0 saturated carbocycles. The Morgan fingerprint density at radius 3 is 2.35 bits per heavy atom. The van der Waals surface area contributed by atoms with E-state index in [0.717, 1.165) is 13.4 Å². The van der Waals surface area contributed by atoms with E-state index in [2.05, 4.69) is 9.46 Å². The van der Waals surface area contributed by atoms with Crippen molar-refractivity contribution in [3.63, 3.8) is 0 Å². The van der Waals surface area contributed by atoms with Gasteiger partial charge in [0.1, 0.15) is 0 Å². The molecule has 1 rings (SSSR count). The number of ketones is 1. The third kappa shape index (κ3) is 3.56. The van der Waals surface area contributed by atoms with Crippen molar-refractivity contribution in [2.24, 2.45) is 0 Å². The van der Waals surface area contributed by atoms with E-state index < -0.39 is 21.8 Å². The maximum atomic E-state index is 11.6. The number of rotatable bonds is 4. The maximum Gasteiger partial charge on any atom is 0.379 e. The van der Waals surface area contributed by atoms with Crippen LogP contribution in [0.5, 0.6) is 0 Å². The van der Waals surface area contributed by atoms with Crippen LogP contribution >= 0.6 is 0 Å². The molecule has 0 heterocycles. The molecule has 6 nitrogen and oxygen atoms in total. The second-order valence-corrected chi connectivity index (χ2v) is 4.99. The number of benzene rings is 1. The van der Waals surface area contributed by atoms with Crippen molar-refractivity contribution in [3.8, 4) is 0 Å². The number of nitrogens with one attached hydrogen (secondary N) is 1. The molecule has 0 radical (unpaired) electrons. The largest absolute Gasteiger partial charge is 0.463 e. The number of Topliss-reactive ketones (excluding diaryl/α,β-unsaturated/α-hetero) is 1. The monoisotopic (exact) mass is 257 g/mol. The molecule has 1 aromatic carbocycles. The first-order valence-electron chi connectivity index (χ1n) is 4.54. The van der Waals surface area contributed by atoms with E-state index in [-0.39, 0.29) is 11.3 Å². The molecule has 0 bridgehead atoms. The van der Waals surface area contributed by atoms with Gasteiger partial charge < -0.3 is 4.74 Å². The van der Waals surface area contributed by atoms with Crippen molar-refractivity contribution < 1.29 is 22.7 Å². The Kier molecular flexibility index (Phi) is 3.84. The van der Waals surface area contributed by atoms with E-state index in [1.54, 1.807) is 6.07 Å². The first kappa shape index (κ1) is 13.2. The minimum absolute atomic E-state index is 0.0467. The van der Waals surface area contributed by atoms with Crippen LogP contribution in [0.25, 0.3) is 0 Å². The lowest BCUT2D eigenvalue weighted by molar-refractivity contribution is -0.135. The van der Waals surface area contributed by atoms with Gasteiger partial charge in [-0.15, -0.1) is 0 Å². The fourth-order valence-electron chi connectivity index (χ4n) is 1.17. The standard InChI is InChI=1S/C10H11NO5S/c1-16-10(13)9(12)7-5-3-4-6-8(7)11-17(2,14)15/h3-6,11H,1-2H3. The van der Waals surface area contributed by atoms with Crippen molar-refractivity contribution in [2.75, 3.05) is 18.1 Å². The highest BCUT2D eigenvalue weighted by molar-refractivity contribution is 7.92. The van der Waals surface area contributed by atoms with Crippen molar-refractivity contribution >= 4 is 27.5 Å². The number of carbonyl (C=O) groups is 2. The van der Waals surface area contributed by atoms with Crippen LogP contribution in [0.2, 0.25) is 0 Å². The predicted octanol–water partition coefficient (Wildman–Crippen LogP) is 0.414. The van der Waals surface area contributed by atoms with Crippen LogP contribution in [0.15, 0.2) is 24.3 Å². The van der Waals surface area contributed by atoms with Gasteiger partial charge in [-0.3, -0.25) is 9.52 Å². The molecule has 17 heavy (non-hydrogen) atoms. The van der Waals surface area contributed by atoms with E-state index in [4.69, 9.17) is 0 Å². The lowest BCUT2D eigenvalue weighted by atomic mass is 10.1. The Morgan fingerprint density at radius 2 is 1.82 bits per heavy atom. The molecule has 0 aliphatic heterocycles. The summed E-state index contributed by atoms with van der Waals surface area (Å²) in [4.78, 5) is 22.7. The molecular weight excluding hydrogens is 246 g/mol. The third-order valence-corrected chi connectivity index (χ3v) is 2.43. The molecule has 1 aromatic rings. The number of hydrogen-bond donors (Lipinski definition) is 1. The summed E-state index contributed by atoms with van der Waals surface area (Å²) in [5.41, 5.74) is -0.00447. The summed E-state index contributed by atoms with van der Waals surface area (Å²) in [6.45, 7) is 0. The molecule has 0 atom stereocenters. The normalized spacial score (nSPS) is 10.7. The molecule has 0 aromatic heterocycles. The van der Waals surface area contributed by atoms with Crippen LogP contribution in [0.4, 0.5) is 5.69 Å². The second-order valence-electron chi connectivity index (χ2n) is 3.24. The molecule has 1 N–H and O–H groups in total. The van der Waals surface area contributed by atoms with Crippen molar-refractivity contribution in [1.29, 1.82) is 0 Å². The van der Waals surface area contributed by atoms with Gasteiger partial charge in [-0.05, 0) is 12.1 Å². The lowest BCUT2D eigenvalue weighted by Crippen LogP contribution is -2.19. The van der Waals surface area contributed by atoms with Gasteiger partial charge in [-0.2, -0.15) is 0 Å². The Bertz CT molecular complexity index is 550. The van der Waals surface area contributed by atoms with Gasteiger partial charge in [0.2, 0.25) is 10.0 Å². The van der Waals surface area contributed by atoms with Crippen molar-refractivity contribution in [3.05, 3.63) is 29.8 Å². The zero-order valence-corrected chi connectivity index (χ0v) is 10.1. The van der Waals surface area contributed by atoms with Gasteiger partial charge in [0.15, 0.2) is 0 Å². The van der Waals surface area contributed by atoms with E-state index in [1.807, 2.05) is 0 Å². The van der Waals surface area contributed by atoms with Crippen LogP contribution in [0.1, 0.15) is 10.4 Å². The number of esters is 1. The molecule has 0 amide bonds. The summed E-state index contributed by atoms with van der Waals surface area (Å²) in [7, 11) is -2.44.